The van der Waals surface area contributed by atoms with Gasteiger partial charge in [-0.2, -0.15) is 0 Å². The summed E-state index contributed by atoms with van der Waals surface area (Å²) in [6, 6.07) is 7.29. The Bertz CT molecular complexity index is 420. The van der Waals surface area contributed by atoms with Crippen LogP contribution in [0.15, 0.2) is 24.3 Å². The smallest absolute Gasteiger partial charge is 0.325 e. The van der Waals surface area contributed by atoms with E-state index in [1.165, 1.54) is 12.0 Å². The Kier molecular flexibility index (Phi) is 5.40. The fraction of sp³-hybridized carbons (Fsp3) is 0.333. The second-order valence-corrected chi connectivity index (χ2v) is 4.54. The van der Waals surface area contributed by atoms with Crippen LogP contribution in [0.25, 0.3) is 0 Å². The minimum atomic E-state index is -0.411. The number of hydrogen-bond donors (Lipinski definition) is 0. The lowest BCUT2D eigenvalue weighted by molar-refractivity contribution is -0.141. The number of halogens is 1. The molecule has 1 rings (SSSR count). The van der Waals surface area contributed by atoms with E-state index in [4.69, 9.17) is 0 Å². The predicted molar refractivity (Wildman–Crippen MR) is 72.8 cm³/mol. The Labute approximate surface area is 114 Å². The molecule has 4 nitrogen and oxygen atoms in total. The molecule has 5 heteroatoms. The van der Waals surface area contributed by atoms with Crippen LogP contribution < -0.4 is 0 Å². The normalized spacial score (nSPS) is 9.82. The molecule has 17 heavy (non-hydrogen) atoms. The molecule has 0 saturated heterocycles. The first-order valence-electron chi connectivity index (χ1n) is 5.20. The molecule has 0 spiro atoms. The molecule has 0 aliphatic carbocycles. The number of benzene rings is 1. The van der Waals surface area contributed by atoms with E-state index >= 15 is 0 Å². The van der Waals surface area contributed by atoms with Crippen molar-refractivity contribution in [2.24, 2.45) is 0 Å². The van der Waals surface area contributed by atoms with Gasteiger partial charge in [0.1, 0.15) is 6.54 Å². The molecule has 0 N–H and O–H groups in total. The molecule has 0 radical (unpaired) electrons. The molecule has 0 aromatic heterocycles. The summed E-state index contributed by atoms with van der Waals surface area (Å²) in [5.74, 6) is -0.561. The van der Waals surface area contributed by atoms with Crippen LogP contribution in [0.3, 0.4) is 0 Å². The maximum atomic E-state index is 12.2. The highest BCUT2D eigenvalue weighted by molar-refractivity contribution is 14.1. The van der Waals surface area contributed by atoms with Gasteiger partial charge in [-0.25, -0.2) is 0 Å². The van der Waals surface area contributed by atoms with Crippen LogP contribution in [0.4, 0.5) is 0 Å². The van der Waals surface area contributed by atoms with Crippen LogP contribution in [-0.4, -0.2) is 37.0 Å². The van der Waals surface area contributed by atoms with Gasteiger partial charge in [0.05, 0.1) is 12.7 Å². The highest BCUT2D eigenvalue weighted by Gasteiger charge is 2.19. The van der Waals surface area contributed by atoms with Gasteiger partial charge < -0.3 is 9.64 Å². The van der Waals surface area contributed by atoms with Crippen molar-refractivity contribution in [2.75, 3.05) is 20.2 Å². The number of ether oxygens (including phenoxy) is 1. The molecule has 0 aliphatic rings. The van der Waals surface area contributed by atoms with E-state index in [0.29, 0.717) is 12.1 Å². The minimum Gasteiger partial charge on any atom is -0.468 e. The largest absolute Gasteiger partial charge is 0.468 e. The molecule has 92 valence electrons. The summed E-state index contributed by atoms with van der Waals surface area (Å²) >= 11 is 2.10. The van der Waals surface area contributed by atoms with Gasteiger partial charge in [-0.1, -0.05) is 12.1 Å². The Morgan fingerprint density at radius 3 is 2.53 bits per heavy atom. The zero-order chi connectivity index (χ0) is 12.8. The third kappa shape index (κ3) is 3.69. The van der Waals surface area contributed by atoms with Crippen molar-refractivity contribution in [2.45, 2.75) is 6.92 Å². The zero-order valence-electron chi connectivity index (χ0n) is 9.77. The van der Waals surface area contributed by atoms with E-state index < -0.39 is 5.97 Å². The Morgan fingerprint density at radius 2 is 2.00 bits per heavy atom. The number of esters is 1. The van der Waals surface area contributed by atoms with Crippen molar-refractivity contribution in [3.8, 4) is 0 Å². The average Bonchev–Trinajstić information content (AvgIpc) is 2.35. The lowest BCUT2D eigenvalue weighted by atomic mass is 10.2. The summed E-state index contributed by atoms with van der Waals surface area (Å²) < 4.78 is 5.44. The molecule has 0 aliphatic heterocycles. The number of likely N-dealkylation sites (N-methyl/N-ethyl adjacent to an activating group) is 1. The van der Waals surface area contributed by atoms with Crippen LogP contribution in [0, 0.1) is 3.57 Å². The molecular weight excluding hydrogens is 333 g/mol. The lowest BCUT2D eigenvalue weighted by Gasteiger charge is -2.19. The number of methoxy groups -OCH3 is 1. The summed E-state index contributed by atoms with van der Waals surface area (Å²) in [7, 11) is 1.31. The van der Waals surface area contributed by atoms with Crippen molar-refractivity contribution in [3.63, 3.8) is 0 Å². The van der Waals surface area contributed by atoms with Crippen LogP contribution in [-0.2, 0) is 9.53 Å². The highest BCUT2D eigenvalue weighted by atomic mass is 127. The molecule has 1 aromatic rings. The van der Waals surface area contributed by atoms with E-state index in [1.54, 1.807) is 12.1 Å². The van der Waals surface area contributed by atoms with E-state index in [1.807, 2.05) is 19.1 Å². The van der Waals surface area contributed by atoms with Gasteiger partial charge in [-0.3, -0.25) is 9.59 Å². The van der Waals surface area contributed by atoms with E-state index in [-0.39, 0.29) is 12.5 Å². The van der Waals surface area contributed by atoms with Crippen LogP contribution in [0.2, 0.25) is 0 Å². The molecule has 0 heterocycles. The molecule has 0 bridgehead atoms. The lowest BCUT2D eigenvalue weighted by Crippen LogP contribution is -2.36. The second-order valence-electron chi connectivity index (χ2n) is 3.38. The Hall–Kier alpha value is -1.11. The molecule has 0 fully saturated rings. The van der Waals surface area contributed by atoms with Gasteiger partial charge in [0.15, 0.2) is 0 Å². The third-order valence-electron chi connectivity index (χ3n) is 2.32. The molecule has 0 atom stereocenters. The molecule has 0 saturated carbocycles. The topological polar surface area (TPSA) is 46.6 Å². The van der Waals surface area contributed by atoms with Crippen molar-refractivity contribution in [3.05, 3.63) is 33.4 Å². The quantitative estimate of drug-likeness (QED) is 0.618. The number of carbonyl (C=O) groups is 2. The maximum absolute atomic E-state index is 12.2. The number of amides is 1. The first-order chi connectivity index (χ1) is 8.10. The van der Waals surface area contributed by atoms with Crippen molar-refractivity contribution in [1.82, 2.24) is 4.90 Å². The summed E-state index contributed by atoms with van der Waals surface area (Å²) in [5, 5.41) is 0. The maximum Gasteiger partial charge on any atom is 0.325 e. The van der Waals surface area contributed by atoms with Gasteiger partial charge in [-0.05, 0) is 41.6 Å². The monoisotopic (exact) mass is 347 g/mol. The SMILES string of the molecule is CCN(CC(=O)OC)C(=O)c1ccccc1I. The van der Waals surface area contributed by atoms with Gasteiger partial charge in [-0.15, -0.1) is 0 Å². The number of carbonyl (C=O) groups excluding carboxylic acids is 2. The van der Waals surface area contributed by atoms with E-state index in [2.05, 4.69) is 27.3 Å². The number of hydrogen-bond acceptors (Lipinski definition) is 3. The van der Waals surface area contributed by atoms with Gasteiger partial charge >= 0.3 is 5.97 Å². The van der Waals surface area contributed by atoms with Crippen molar-refractivity contribution < 1.29 is 14.3 Å². The summed E-state index contributed by atoms with van der Waals surface area (Å²) in [5.41, 5.74) is 0.610. The number of rotatable bonds is 4. The predicted octanol–water partition coefficient (Wildman–Crippen LogP) is 1.93. The molecule has 1 aromatic carbocycles. The van der Waals surface area contributed by atoms with Crippen LogP contribution in [0.1, 0.15) is 17.3 Å². The van der Waals surface area contributed by atoms with Gasteiger partial charge in [0.2, 0.25) is 0 Å². The van der Waals surface area contributed by atoms with Crippen molar-refractivity contribution >= 4 is 34.5 Å². The van der Waals surface area contributed by atoms with Gasteiger partial charge in [0, 0.05) is 10.1 Å². The fourth-order valence-electron chi connectivity index (χ4n) is 1.35. The zero-order valence-corrected chi connectivity index (χ0v) is 11.9. The molecular formula is C12H14INO3. The van der Waals surface area contributed by atoms with E-state index in [0.717, 1.165) is 3.57 Å². The standard InChI is InChI=1S/C12H14INO3/c1-3-14(8-11(15)17-2)12(16)9-6-4-5-7-10(9)13/h4-7H,3,8H2,1-2H3. The Balaban J connectivity index is 2.87. The third-order valence-corrected chi connectivity index (χ3v) is 3.26. The molecule has 0 unspecified atom stereocenters. The Morgan fingerprint density at radius 1 is 1.35 bits per heavy atom. The van der Waals surface area contributed by atoms with Gasteiger partial charge in [0.25, 0.3) is 5.91 Å². The second kappa shape index (κ2) is 6.58. The first kappa shape index (κ1) is 14.0. The first-order valence-corrected chi connectivity index (χ1v) is 6.28. The van der Waals surface area contributed by atoms with Crippen molar-refractivity contribution in [1.29, 1.82) is 0 Å². The minimum absolute atomic E-state index is 0.0171. The highest BCUT2D eigenvalue weighted by Crippen LogP contribution is 2.13. The number of nitrogens with zero attached hydrogens (tertiary/aromatic N) is 1. The average molecular weight is 347 g/mol. The molecule has 1 amide bonds. The summed E-state index contributed by atoms with van der Waals surface area (Å²) in [6.45, 7) is 2.28. The van der Waals surface area contributed by atoms with Crippen LogP contribution >= 0.6 is 22.6 Å². The van der Waals surface area contributed by atoms with Crippen LogP contribution in [0.5, 0.6) is 0 Å². The fourth-order valence-corrected chi connectivity index (χ4v) is 1.97. The summed E-state index contributed by atoms with van der Waals surface area (Å²) in [6.07, 6.45) is 0. The van der Waals surface area contributed by atoms with E-state index in [9.17, 15) is 9.59 Å². The summed E-state index contributed by atoms with van der Waals surface area (Å²) in [4.78, 5) is 24.8.